The van der Waals surface area contributed by atoms with Gasteiger partial charge >= 0.3 is 0 Å². The first-order chi connectivity index (χ1) is 11.6. The van der Waals surface area contributed by atoms with Gasteiger partial charge in [0.25, 0.3) is 5.91 Å². The van der Waals surface area contributed by atoms with Crippen LogP contribution in [0.2, 0.25) is 0 Å². The predicted octanol–water partition coefficient (Wildman–Crippen LogP) is -0.159. The third kappa shape index (κ3) is 2.77. The largest absolute Gasteiger partial charge is 0.378 e. The average molecular weight is 327 g/mol. The summed E-state index contributed by atoms with van der Waals surface area (Å²) in [7, 11) is 0. The van der Waals surface area contributed by atoms with E-state index in [2.05, 4.69) is 47.7 Å². The van der Waals surface area contributed by atoms with Gasteiger partial charge in [0.2, 0.25) is 11.6 Å². The first-order valence-electron chi connectivity index (χ1n) is 6.75. The van der Waals surface area contributed by atoms with Crippen molar-refractivity contribution in [3.05, 3.63) is 48.1 Å². The monoisotopic (exact) mass is 327 g/mol. The second-order valence-electron chi connectivity index (χ2n) is 4.68. The number of nitrogens with two attached hydrogens (primary N) is 1. The smallest absolute Gasteiger partial charge is 0.292 e. The number of nitrogen functional groups attached to an aromatic ring is 1. The SMILES string of the molecule is C=C(NNC(=O)c1nnn(-c2nonc2N)c1C)c1ccccn1. The molecule has 0 saturated heterocycles. The Morgan fingerprint density at radius 3 is 2.83 bits per heavy atom. The summed E-state index contributed by atoms with van der Waals surface area (Å²) in [4.78, 5) is 16.3. The van der Waals surface area contributed by atoms with Crippen LogP contribution in [0.1, 0.15) is 21.9 Å². The molecule has 3 rings (SSSR count). The van der Waals surface area contributed by atoms with Gasteiger partial charge in [-0.2, -0.15) is 4.68 Å². The van der Waals surface area contributed by atoms with Crippen molar-refractivity contribution in [3.8, 4) is 5.82 Å². The van der Waals surface area contributed by atoms with Crippen molar-refractivity contribution in [1.82, 2.24) is 41.1 Å². The third-order valence-electron chi connectivity index (χ3n) is 3.11. The number of aromatic nitrogens is 6. The molecule has 11 nitrogen and oxygen atoms in total. The summed E-state index contributed by atoms with van der Waals surface area (Å²) in [6.07, 6.45) is 1.62. The summed E-state index contributed by atoms with van der Waals surface area (Å²) in [6.45, 7) is 5.43. The number of carbonyl (C=O) groups is 1. The number of pyridine rings is 1. The highest BCUT2D eigenvalue weighted by molar-refractivity contribution is 5.93. The molecule has 1 amide bonds. The summed E-state index contributed by atoms with van der Waals surface area (Å²) < 4.78 is 5.77. The van der Waals surface area contributed by atoms with Crippen LogP contribution in [0, 0.1) is 6.92 Å². The molecule has 0 aliphatic heterocycles. The van der Waals surface area contributed by atoms with Gasteiger partial charge in [-0.25, -0.2) is 4.63 Å². The highest BCUT2D eigenvalue weighted by Crippen LogP contribution is 2.14. The number of nitrogens with one attached hydrogen (secondary N) is 2. The van der Waals surface area contributed by atoms with Crippen molar-refractivity contribution in [2.24, 2.45) is 0 Å². The molecule has 122 valence electrons. The molecular formula is C13H13N9O2. The van der Waals surface area contributed by atoms with Crippen LogP contribution in [0.4, 0.5) is 5.82 Å². The quantitative estimate of drug-likeness (QED) is 0.543. The average Bonchev–Trinajstić information content (AvgIpc) is 3.18. The fraction of sp³-hybridized carbons (Fsp3) is 0.0769. The van der Waals surface area contributed by atoms with Crippen molar-refractivity contribution < 1.29 is 9.42 Å². The van der Waals surface area contributed by atoms with Gasteiger partial charge in [-0.05, 0) is 29.4 Å². The summed E-state index contributed by atoms with van der Waals surface area (Å²) in [5, 5.41) is 14.7. The van der Waals surface area contributed by atoms with E-state index < -0.39 is 5.91 Å². The maximum absolute atomic E-state index is 12.2. The lowest BCUT2D eigenvalue weighted by molar-refractivity contribution is 0.0936. The molecule has 24 heavy (non-hydrogen) atoms. The van der Waals surface area contributed by atoms with E-state index in [9.17, 15) is 4.79 Å². The Balaban J connectivity index is 1.71. The Bertz CT molecular complexity index is 884. The van der Waals surface area contributed by atoms with E-state index in [1.807, 2.05) is 6.07 Å². The topological polar surface area (TPSA) is 150 Å². The van der Waals surface area contributed by atoms with Crippen LogP contribution in [-0.4, -0.2) is 36.2 Å². The number of rotatable bonds is 5. The van der Waals surface area contributed by atoms with Crippen molar-refractivity contribution in [2.45, 2.75) is 6.92 Å². The number of hydrazine groups is 1. The molecule has 11 heteroatoms. The van der Waals surface area contributed by atoms with Crippen molar-refractivity contribution in [2.75, 3.05) is 5.73 Å². The fourth-order valence-corrected chi connectivity index (χ4v) is 1.87. The lowest BCUT2D eigenvalue weighted by Crippen LogP contribution is -2.36. The summed E-state index contributed by atoms with van der Waals surface area (Å²) in [6, 6.07) is 5.34. The van der Waals surface area contributed by atoms with E-state index >= 15 is 0 Å². The van der Waals surface area contributed by atoms with Gasteiger partial charge in [-0.15, -0.1) is 5.10 Å². The Kier molecular flexibility index (Phi) is 3.89. The third-order valence-corrected chi connectivity index (χ3v) is 3.11. The number of nitrogens with zero attached hydrogens (tertiary/aromatic N) is 6. The van der Waals surface area contributed by atoms with Gasteiger partial charge in [0.15, 0.2) is 5.69 Å². The molecule has 0 spiro atoms. The number of amides is 1. The molecule has 0 bridgehead atoms. The van der Waals surface area contributed by atoms with E-state index in [1.165, 1.54) is 4.68 Å². The van der Waals surface area contributed by atoms with E-state index in [1.54, 1.807) is 25.3 Å². The van der Waals surface area contributed by atoms with Crippen LogP contribution in [0.5, 0.6) is 0 Å². The normalized spacial score (nSPS) is 10.4. The van der Waals surface area contributed by atoms with Crippen LogP contribution in [0.25, 0.3) is 11.5 Å². The molecule has 0 fully saturated rings. The van der Waals surface area contributed by atoms with E-state index in [4.69, 9.17) is 5.73 Å². The molecule has 4 N–H and O–H groups in total. The zero-order valence-electron chi connectivity index (χ0n) is 12.6. The first-order valence-corrected chi connectivity index (χ1v) is 6.75. The first kappa shape index (κ1) is 15.1. The van der Waals surface area contributed by atoms with Gasteiger partial charge in [-0.1, -0.05) is 17.9 Å². The molecule has 0 unspecified atom stereocenters. The number of carbonyl (C=O) groups excluding carboxylic acids is 1. The molecular weight excluding hydrogens is 314 g/mol. The molecule has 3 aromatic rings. The molecule has 0 aliphatic carbocycles. The van der Waals surface area contributed by atoms with Crippen molar-refractivity contribution in [1.29, 1.82) is 0 Å². The highest BCUT2D eigenvalue weighted by Gasteiger charge is 2.20. The van der Waals surface area contributed by atoms with Gasteiger partial charge in [0.05, 0.1) is 17.1 Å². The van der Waals surface area contributed by atoms with Crippen LogP contribution < -0.4 is 16.6 Å². The van der Waals surface area contributed by atoms with Crippen LogP contribution >= 0.6 is 0 Å². The van der Waals surface area contributed by atoms with Gasteiger partial charge < -0.3 is 5.73 Å². The molecule has 0 saturated carbocycles. The van der Waals surface area contributed by atoms with Crippen molar-refractivity contribution >= 4 is 17.4 Å². The maximum Gasteiger partial charge on any atom is 0.292 e. The second kappa shape index (κ2) is 6.16. The Morgan fingerprint density at radius 1 is 1.33 bits per heavy atom. The van der Waals surface area contributed by atoms with E-state index in [0.717, 1.165) is 0 Å². The van der Waals surface area contributed by atoms with Gasteiger partial charge in [-0.3, -0.25) is 20.6 Å². The molecule has 0 aromatic carbocycles. The van der Waals surface area contributed by atoms with Gasteiger partial charge in [0.1, 0.15) is 0 Å². The Labute approximate surface area is 135 Å². The van der Waals surface area contributed by atoms with Crippen LogP contribution in [-0.2, 0) is 0 Å². The minimum Gasteiger partial charge on any atom is -0.378 e. The van der Waals surface area contributed by atoms with Crippen molar-refractivity contribution in [3.63, 3.8) is 0 Å². The molecule has 3 aromatic heterocycles. The Morgan fingerprint density at radius 2 is 2.17 bits per heavy atom. The minimum absolute atomic E-state index is 0.0385. The molecule has 0 aliphatic rings. The summed E-state index contributed by atoms with van der Waals surface area (Å²) in [5.41, 5.74) is 12.3. The molecule has 0 atom stereocenters. The lowest BCUT2D eigenvalue weighted by Gasteiger charge is -2.09. The van der Waals surface area contributed by atoms with Gasteiger partial charge in [0, 0.05) is 6.20 Å². The summed E-state index contributed by atoms with van der Waals surface area (Å²) in [5.74, 6) is -0.313. The number of hydrogen-bond donors (Lipinski definition) is 3. The zero-order chi connectivity index (χ0) is 17.1. The molecule has 3 heterocycles. The zero-order valence-corrected chi connectivity index (χ0v) is 12.6. The number of anilines is 1. The number of hydrogen-bond acceptors (Lipinski definition) is 9. The Hall–Kier alpha value is -3.76. The fourth-order valence-electron chi connectivity index (χ4n) is 1.87. The minimum atomic E-state index is -0.508. The second-order valence-corrected chi connectivity index (χ2v) is 4.68. The highest BCUT2D eigenvalue weighted by atomic mass is 16.6. The van der Waals surface area contributed by atoms with E-state index in [-0.39, 0.29) is 17.3 Å². The standard InChI is InChI=1S/C13H13N9O2/c1-7(9-5-3-4-6-15-9)16-18-13(23)10-8(2)22(21-17-10)12-11(14)19-24-20-12/h3-6,16H,1H2,2H3,(H2,14,19)(H,18,23). The van der Waals surface area contributed by atoms with Crippen LogP contribution in [0.3, 0.4) is 0 Å². The molecule has 0 radical (unpaired) electrons. The lowest BCUT2D eigenvalue weighted by atomic mass is 10.3. The summed E-state index contributed by atoms with van der Waals surface area (Å²) >= 11 is 0. The van der Waals surface area contributed by atoms with E-state index in [0.29, 0.717) is 17.1 Å². The van der Waals surface area contributed by atoms with Crippen LogP contribution in [0.15, 0.2) is 35.6 Å². The maximum atomic E-state index is 12.2. The predicted molar refractivity (Wildman–Crippen MR) is 82.2 cm³/mol.